The molecule has 1 aliphatic heterocycles. The number of nitrogens with zero attached hydrogens (tertiary/aromatic N) is 2. The van der Waals surface area contributed by atoms with E-state index in [0.717, 1.165) is 44.1 Å². The van der Waals surface area contributed by atoms with Crippen molar-refractivity contribution in [1.82, 2.24) is 9.80 Å². The van der Waals surface area contributed by atoms with Gasteiger partial charge in [0.25, 0.3) is 11.6 Å². The maximum Gasteiger partial charge on any atom is 0.330 e. The summed E-state index contributed by atoms with van der Waals surface area (Å²) in [5.74, 6) is -0.210. The van der Waals surface area contributed by atoms with Crippen molar-refractivity contribution >= 4 is 11.9 Å². The molecule has 142 valence electrons. The summed E-state index contributed by atoms with van der Waals surface area (Å²) in [6.45, 7) is 4.87. The van der Waals surface area contributed by atoms with Crippen LogP contribution >= 0.6 is 0 Å². The minimum atomic E-state index is -1.32. The third kappa shape index (κ3) is 3.13. The van der Waals surface area contributed by atoms with Crippen molar-refractivity contribution in [3.8, 4) is 0 Å². The Labute approximate surface area is 156 Å². The zero-order valence-electron chi connectivity index (χ0n) is 15.9. The van der Waals surface area contributed by atoms with Crippen LogP contribution in [0.15, 0.2) is 30.3 Å². The van der Waals surface area contributed by atoms with Gasteiger partial charge < -0.3 is 4.74 Å². The summed E-state index contributed by atoms with van der Waals surface area (Å²) in [6.07, 6.45) is 6.93. The molecule has 1 unspecified atom stereocenters. The van der Waals surface area contributed by atoms with Crippen LogP contribution in [-0.2, 0) is 15.3 Å². The third-order valence-corrected chi connectivity index (χ3v) is 5.52. The summed E-state index contributed by atoms with van der Waals surface area (Å²) in [4.78, 5) is 30.2. The van der Waals surface area contributed by atoms with Crippen molar-refractivity contribution in [2.24, 2.45) is 0 Å². The van der Waals surface area contributed by atoms with Crippen LogP contribution in [0.1, 0.15) is 64.4 Å². The van der Waals surface area contributed by atoms with E-state index < -0.39 is 5.72 Å². The molecule has 0 N–H and O–H groups in total. The summed E-state index contributed by atoms with van der Waals surface area (Å²) in [5.41, 5.74) is -0.575. The van der Waals surface area contributed by atoms with Gasteiger partial charge in [0.2, 0.25) is 0 Å². The van der Waals surface area contributed by atoms with Crippen LogP contribution in [0.3, 0.4) is 0 Å². The first kappa shape index (κ1) is 18.9. The maximum absolute atomic E-state index is 13.6. The monoisotopic (exact) mass is 358 g/mol. The first-order chi connectivity index (χ1) is 12.7. The molecule has 1 aromatic rings. The van der Waals surface area contributed by atoms with Gasteiger partial charge in [-0.2, -0.15) is 0 Å². The zero-order chi connectivity index (χ0) is 18.6. The van der Waals surface area contributed by atoms with Crippen molar-refractivity contribution in [2.75, 3.05) is 13.2 Å². The number of carbonyl (C=O) groups is 2. The van der Waals surface area contributed by atoms with Gasteiger partial charge in [-0.3, -0.25) is 14.6 Å². The Balaban J connectivity index is 2.05. The molecule has 3 amide bonds. The SMILES string of the molecule is CCCCN1C(=O)N(C2CCCCC2)C(=O)C1(OCC)c1ccccc1. The zero-order valence-corrected chi connectivity index (χ0v) is 15.9. The number of amides is 3. The van der Waals surface area contributed by atoms with Gasteiger partial charge >= 0.3 is 6.03 Å². The largest absolute Gasteiger partial charge is 0.344 e. The highest BCUT2D eigenvalue weighted by atomic mass is 16.5. The molecule has 1 saturated carbocycles. The number of hydrogen-bond acceptors (Lipinski definition) is 3. The highest BCUT2D eigenvalue weighted by Crippen LogP contribution is 2.41. The Hall–Kier alpha value is -1.88. The smallest absolute Gasteiger partial charge is 0.330 e. The van der Waals surface area contributed by atoms with E-state index in [1.54, 1.807) is 4.90 Å². The van der Waals surface area contributed by atoms with E-state index in [4.69, 9.17) is 4.74 Å². The lowest BCUT2D eigenvalue weighted by atomic mass is 9.93. The lowest BCUT2D eigenvalue weighted by Crippen LogP contribution is -2.50. The third-order valence-electron chi connectivity index (χ3n) is 5.52. The van der Waals surface area contributed by atoms with Crippen LogP contribution in [0.25, 0.3) is 0 Å². The molecular formula is C21H30N2O3. The minimum Gasteiger partial charge on any atom is -0.344 e. The fourth-order valence-electron chi connectivity index (χ4n) is 4.24. The molecule has 0 radical (unpaired) electrons. The Bertz CT molecular complexity index is 627. The van der Waals surface area contributed by atoms with Crippen LogP contribution in [0.2, 0.25) is 0 Å². The summed E-state index contributed by atoms with van der Waals surface area (Å²) in [5, 5.41) is 0. The standard InChI is InChI=1S/C21H30N2O3/c1-3-5-16-22-20(25)23(18-14-10-7-11-15-18)19(24)21(22,26-4-2)17-12-8-6-9-13-17/h6,8-9,12-13,18H,3-5,7,10-11,14-16H2,1-2H3. The van der Waals surface area contributed by atoms with Crippen LogP contribution in [0.5, 0.6) is 0 Å². The molecule has 0 aromatic heterocycles. The van der Waals surface area contributed by atoms with Gasteiger partial charge in [0.15, 0.2) is 0 Å². The highest BCUT2D eigenvalue weighted by molar-refractivity contribution is 6.06. The molecule has 0 bridgehead atoms. The van der Waals surface area contributed by atoms with E-state index in [1.807, 2.05) is 37.3 Å². The number of rotatable bonds is 7. The lowest BCUT2D eigenvalue weighted by Gasteiger charge is -2.35. The van der Waals surface area contributed by atoms with Gasteiger partial charge in [0, 0.05) is 24.8 Å². The Kier molecular flexibility index (Phi) is 5.97. The van der Waals surface area contributed by atoms with Gasteiger partial charge in [0.05, 0.1) is 0 Å². The molecule has 2 fully saturated rings. The highest BCUT2D eigenvalue weighted by Gasteiger charge is 2.60. The van der Waals surface area contributed by atoms with Gasteiger partial charge in [-0.1, -0.05) is 62.9 Å². The first-order valence-corrected chi connectivity index (χ1v) is 10.0. The summed E-state index contributed by atoms with van der Waals surface area (Å²) < 4.78 is 6.10. The Morgan fingerprint density at radius 1 is 1.08 bits per heavy atom. The number of unbranched alkanes of at least 4 members (excludes halogenated alkanes) is 1. The van der Waals surface area contributed by atoms with Crippen LogP contribution in [0, 0.1) is 0 Å². The number of ether oxygens (including phenoxy) is 1. The van der Waals surface area contributed by atoms with E-state index in [9.17, 15) is 9.59 Å². The van der Waals surface area contributed by atoms with Crippen LogP contribution in [0.4, 0.5) is 4.79 Å². The number of benzene rings is 1. The molecule has 1 saturated heterocycles. The molecule has 1 aliphatic carbocycles. The quantitative estimate of drug-likeness (QED) is 0.684. The van der Waals surface area contributed by atoms with E-state index in [1.165, 1.54) is 11.3 Å². The number of imide groups is 1. The predicted octanol–water partition coefficient (Wildman–Crippen LogP) is 4.27. The molecule has 2 aliphatic rings. The number of urea groups is 1. The average Bonchev–Trinajstić information content (AvgIpc) is 2.89. The molecule has 26 heavy (non-hydrogen) atoms. The normalized spacial score (nSPS) is 24.5. The van der Waals surface area contributed by atoms with Crippen LogP contribution in [-0.4, -0.2) is 40.9 Å². The van der Waals surface area contributed by atoms with Crippen LogP contribution < -0.4 is 0 Å². The second-order valence-electron chi connectivity index (χ2n) is 7.20. The van der Waals surface area contributed by atoms with Gasteiger partial charge in [-0.05, 0) is 26.2 Å². The molecular weight excluding hydrogens is 328 g/mol. The fourth-order valence-corrected chi connectivity index (χ4v) is 4.24. The van der Waals surface area contributed by atoms with E-state index in [0.29, 0.717) is 13.2 Å². The summed E-state index contributed by atoms with van der Waals surface area (Å²) >= 11 is 0. The molecule has 0 spiro atoms. The number of hydrogen-bond donors (Lipinski definition) is 0. The van der Waals surface area contributed by atoms with Crippen molar-refractivity contribution in [1.29, 1.82) is 0 Å². The van der Waals surface area contributed by atoms with E-state index >= 15 is 0 Å². The number of carbonyl (C=O) groups excluding carboxylic acids is 2. The van der Waals surface area contributed by atoms with Gasteiger partial charge in [0.1, 0.15) is 0 Å². The summed E-state index contributed by atoms with van der Waals surface area (Å²) in [7, 11) is 0. The Morgan fingerprint density at radius 2 is 1.77 bits per heavy atom. The van der Waals surface area contributed by atoms with Crippen molar-refractivity contribution in [3.05, 3.63) is 35.9 Å². The summed E-state index contributed by atoms with van der Waals surface area (Å²) in [6, 6.07) is 9.31. The first-order valence-electron chi connectivity index (χ1n) is 10.0. The average molecular weight is 358 g/mol. The minimum absolute atomic E-state index is 0.00100. The maximum atomic E-state index is 13.6. The fraction of sp³-hybridized carbons (Fsp3) is 0.619. The van der Waals surface area contributed by atoms with Gasteiger partial charge in [-0.15, -0.1) is 0 Å². The lowest BCUT2D eigenvalue weighted by molar-refractivity contribution is -0.169. The molecule has 5 heteroatoms. The van der Waals surface area contributed by atoms with Gasteiger partial charge in [-0.25, -0.2) is 4.79 Å². The van der Waals surface area contributed by atoms with Crippen molar-refractivity contribution in [2.45, 2.75) is 70.6 Å². The van der Waals surface area contributed by atoms with E-state index in [-0.39, 0.29) is 18.0 Å². The second kappa shape index (κ2) is 8.21. The van der Waals surface area contributed by atoms with E-state index in [2.05, 4.69) is 6.92 Å². The molecule has 1 aromatic carbocycles. The van der Waals surface area contributed by atoms with Crippen molar-refractivity contribution in [3.63, 3.8) is 0 Å². The topological polar surface area (TPSA) is 49.9 Å². The molecule has 1 heterocycles. The van der Waals surface area contributed by atoms with Crippen molar-refractivity contribution < 1.29 is 14.3 Å². The second-order valence-corrected chi connectivity index (χ2v) is 7.20. The molecule has 1 atom stereocenters. The molecule has 3 rings (SSSR count). The molecule has 5 nitrogen and oxygen atoms in total. The predicted molar refractivity (Wildman–Crippen MR) is 100 cm³/mol. The Morgan fingerprint density at radius 3 is 2.38 bits per heavy atom.